The van der Waals surface area contributed by atoms with E-state index in [1.54, 1.807) is 5.57 Å². The van der Waals surface area contributed by atoms with E-state index in [0.29, 0.717) is 23.8 Å². The molecular formula is C20H37N. The van der Waals surface area contributed by atoms with Crippen LogP contribution in [0.25, 0.3) is 0 Å². The number of hydrogen-bond acceptors (Lipinski definition) is 1. The maximum absolute atomic E-state index is 3.79. The Hall–Kier alpha value is -0.560. The van der Waals surface area contributed by atoms with Gasteiger partial charge in [-0.25, -0.2) is 0 Å². The molecule has 0 heterocycles. The normalized spacial score (nSPS) is 25.3. The molecule has 4 unspecified atom stereocenters. The maximum atomic E-state index is 3.79. The first-order valence-electron chi connectivity index (χ1n) is 8.92. The lowest BCUT2D eigenvalue weighted by Gasteiger charge is -2.28. The molecule has 0 saturated heterocycles. The van der Waals surface area contributed by atoms with Gasteiger partial charge in [0, 0.05) is 6.04 Å². The molecule has 1 heteroatoms. The van der Waals surface area contributed by atoms with Crippen molar-refractivity contribution in [3.8, 4) is 0 Å². The zero-order chi connectivity index (χ0) is 16.0. The van der Waals surface area contributed by atoms with E-state index in [9.17, 15) is 0 Å². The Labute approximate surface area is 133 Å². The second-order valence-corrected chi connectivity index (χ2v) is 8.01. The summed E-state index contributed by atoms with van der Waals surface area (Å²) in [7, 11) is 0. The molecule has 122 valence electrons. The number of hydrogen-bond donors (Lipinski definition) is 1. The van der Waals surface area contributed by atoms with Crippen LogP contribution in [-0.4, -0.2) is 12.6 Å². The van der Waals surface area contributed by atoms with Gasteiger partial charge in [0.2, 0.25) is 0 Å². The van der Waals surface area contributed by atoms with E-state index in [-0.39, 0.29) is 0 Å². The quantitative estimate of drug-likeness (QED) is 0.628. The molecule has 0 bridgehead atoms. The molecular weight excluding hydrogens is 254 g/mol. The monoisotopic (exact) mass is 291 g/mol. The van der Waals surface area contributed by atoms with Crippen molar-refractivity contribution in [3.63, 3.8) is 0 Å². The Balaban J connectivity index is 2.60. The van der Waals surface area contributed by atoms with Gasteiger partial charge in [-0.15, -0.1) is 0 Å². The van der Waals surface area contributed by atoms with Crippen LogP contribution in [0.1, 0.15) is 61.3 Å². The predicted octanol–water partition coefficient (Wildman–Crippen LogP) is 5.44. The standard InChI is InChI=1S/C20H37N/c1-14(2)10-20(21-13-15(3)4)12-18(7)19-9-8-16(5)17(6)11-19/h8-9,11,14-18,20-21H,10,12-13H2,1-7H3. The van der Waals surface area contributed by atoms with E-state index in [0.717, 1.165) is 18.4 Å². The fourth-order valence-corrected chi connectivity index (χ4v) is 3.07. The highest BCUT2D eigenvalue weighted by Crippen LogP contribution is 2.29. The van der Waals surface area contributed by atoms with E-state index in [1.807, 2.05) is 0 Å². The number of rotatable bonds is 8. The highest BCUT2D eigenvalue weighted by molar-refractivity contribution is 5.27. The second-order valence-electron chi connectivity index (χ2n) is 8.01. The smallest absolute Gasteiger partial charge is 0.00753 e. The predicted molar refractivity (Wildman–Crippen MR) is 95.4 cm³/mol. The molecule has 0 aromatic carbocycles. The van der Waals surface area contributed by atoms with Gasteiger partial charge in [-0.05, 0) is 54.5 Å². The van der Waals surface area contributed by atoms with Crippen molar-refractivity contribution in [2.45, 2.75) is 67.3 Å². The molecule has 1 rings (SSSR count). The molecule has 21 heavy (non-hydrogen) atoms. The third kappa shape index (κ3) is 6.82. The molecule has 1 N–H and O–H groups in total. The Kier molecular flexibility index (Phi) is 7.73. The maximum Gasteiger partial charge on any atom is 0.00753 e. The van der Waals surface area contributed by atoms with Crippen molar-refractivity contribution in [1.82, 2.24) is 5.32 Å². The van der Waals surface area contributed by atoms with Crippen LogP contribution in [0.4, 0.5) is 0 Å². The minimum Gasteiger partial charge on any atom is -0.314 e. The summed E-state index contributed by atoms with van der Waals surface area (Å²) >= 11 is 0. The molecule has 0 saturated carbocycles. The zero-order valence-electron chi connectivity index (χ0n) is 15.3. The minimum atomic E-state index is 0.645. The fraction of sp³-hybridized carbons (Fsp3) is 0.800. The zero-order valence-corrected chi connectivity index (χ0v) is 15.3. The van der Waals surface area contributed by atoms with Gasteiger partial charge in [0.15, 0.2) is 0 Å². The SMILES string of the molecule is CC(C)CNC(CC(C)C)CC(C)C1=CC(C)C(C)C=C1. The van der Waals surface area contributed by atoms with Gasteiger partial charge in [0.1, 0.15) is 0 Å². The third-order valence-electron chi connectivity index (χ3n) is 4.65. The molecule has 0 radical (unpaired) electrons. The van der Waals surface area contributed by atoms with Crippen molar-refractivity contribution in [2.24, 2.45) is 29.6 Å². The molecule has 0 spiro atoms. The first-order chi connectivity index (χ1) is 9.79. The summed E-state index contributed by atoms with van der Waals surface area (Å²) in [5.74, 6) is 3.51. The summed E-state index contributed by atoms with van der Waals surface area (Å²) < 4.78 is 0. The topological polar surface area (TPSA) is 12.0 Å². The molecule has 0 aromatic heterocycles. The average Bonchev–Trinajstić information content (AvgIpc) is 2.38. The lowest BCUT2D eigenvalue weighted by Crippen LogP contribution is -2.35. The number of allylic oxidation sites excluding steroid dienone is 4. The first kappa shape index (κ1) is 18.5. The van der Waals surface area contributed by atoms with E-state index < -0.39 is 0 Å². The molecule has 0 fully saturated rings. The lowest BCUT2D eigenvalue weighted by molar-refractivity contribution is 0.351. The average molecular weight is 292 g/mol. The van der Waals surface area contributed by atoms with Crippen LogP contribution >= 0.6 is 0 Å². The third-order valence-corrected chi connectivity index (χ3v) is 4.65. The van der Waals surface area contributed by atoms with Gasteiger partial charge >= 0.3 is 0 Å². The van der Waals surface area contributed by atoms with Gasteiger partial charge in [-0.2, -0.15) is 0 Å². The summed E-state index contributed by atoms with van der Waals surface area (Å²) in [5.41, 5.74) is 1.54. The van der Waals surface area contributed by atoms with Crippen molar-refractivity contribution >= 4 is 0 Å². The van der Waals surface area contributed by atoms with Crippen LogP contribution in [0.5, 0.6) is 0 Å². The molecule has 0 aliphatic heterocycles. The molecule has 0 amide bonds. The van der Waals surface area contributed by atoms with Crippen LogP contribution in [0.3, 0.4) is 0 Å². The van der Waals surface area contributed by atoms with Crippen LogP contribution in [0, 0.1) is 29.6 Å². The molecule has 0 aromatic rings. The van der Waals surface area contributed by atoms with Crippen LogP contribution < -0.4 is 5.32 Å². The molecule has 4 atom stereocenters. The van der Waals surface area contributed by atoms with Crippen LogP contribution in [0.2, 0.25) is 0 Å². The first-order valence-corrected chi connectivity index (χ1v) is 8.92. The van der Waals surface area contributed by atoms with Crippen LogP contribution in [0.15, 0.2) is 23.8 Å². The summed E-state index contributed by atoms with van der Waals surface area (Å²) in [5, 5.41) is 3.79. The Morgan fingerprint density at radius 1 is 0.952 bits per heavy atom. The summed E-state index contributed by atoms with van der Waals surface area (Å²) in [6, 6.07) is 0.645. The van der Waals surface area contributed by atoms with E-state index in [4.69, 9.17) is 0 Å². The van der Waals surface area contributed by atoms with Crippen molar-refractivity contribution in [2.75, 3.05) is 6.54 Å². The lowest BCUT2D eigenvalue weighted by atomic mass is 9.82. The summed E-state index contributed by atoms with van der Waals surface area (Å²) in [6.45, 7) is 17.4. The molecule has 1 aliphatic rings. The van der Waals surface area contributed by atoms with Crippen LogP contribution in [-0.2, 0) is 0 Å². The second kappa shape index (κ2) is 8.78. The van der Waals surface area contributed by atoms with Gasteiger partial charge < -0.3 is 5.32 Å². The highest BCUT2D eigenvalue weighted by Gasteiger charge is 2.20. The largest absolute Gasteiger partial charge is 0.314 e. The van der Waals surface area contributed by atoms with Gasteiger partial charge in [0.05, 0.1) is 0 Å². The molecule has 1 aliphatic carbocycles. The molecule has 1 nitrogen and oxygen atoms in total. The van der Waals surface area contributed by atoms with E-state index in [2.05, 4.69) is 72.0 Å². The minimum absolute atomic E-state index is 0.645. The van der Waals surface area contributed by atoms with Crippen molar-refractivity contribution in [1.29, 1.82) is 0 Å². The fourth-order valence-electron chi connectivity index (χ4n) is 3.07. The Morgan fingerprint density at radius 3 is 2.14 bits per heavy atom. The van der Waals surface area contributed by atoms with Gasteiger partial charge in [-0.3, -0.25) is 0 Å². The highest BCUT2D eigenvalue weighted by atomic mass is 14.9. The van der Waals surface area contributed by atoms with Gasteiger partial charge in [0.25, 0.3) is 0 Å². The van der Waals surface area contributed by atoms with Crippen molar-refractivity contribution in [3.05, 3.63) is 23.8 Å². The number of nitrogens with one attached hydrogen (secondary N) is 1. The van der Waals surface area contributed by atoms with Crippen molar-refractivity contribution < 1.29 is 0 Å². The Bertz CT molecular complexity index is 351. The van der Waals surface area contributed by atoms with E-state index in [1.165, 1.54) is 12.8 Å². The summed E-state index contributed by atoms with van der Waals surface area (Å²) in [6.07, 6.45) is 9.77. The van der Waals surface area contributed by atoms with E-state index >= 15 is 0 Å². The Morgan fingerprint density at radius 2 is 1.62 bits per heavy atom. The van der Waals surface area contributed by atoms with Gasteiger partial charge in [-0.1, -0.05) is 66.7 Å². The summed E-state index contributed by atoms with van der Waals surface area (Å²) in [4.78, 5) is 0.